The van der Waals surface area contributed by atoms with E-state index in [1.807, 2.05) is 0 Å². The molecule has 0 spiro atoms. The lowest BCUT2D eigenvalue weighted by Gasteiger charge is -2.25. The lowest BCUT2D eigenvalue weighted by molar-refractivity contribution is 0.394. The fourth-order valence-electron chi connectivity index (χ4n) is 2.37. The largest absolute Gasteiger partial charge is 0.313 e. The summed E-state index contributed by atoms with van der Waals surface area (Å²) in [6, 6.07) is 0.775. The Hall–Kier alpha value is 0.310. The first kappa shape index (κ1) is 13.4. The average molecular weight is 229 g/mol. The molecule has 1 nitrogen and oxygen atoms in total. The molecule has 90 valence electrons. The molecule has 2 unspecified atom stereocenters. The third-order valence-electron chi connectivity index (χ3n) is 3.57. The normalized spacial score (nSPS) is 21.8. The summed E-state index contributed by atoms with van der Waals surface area (Å²) in [4.78, 5) is 0. The van der Waals surface area contributed by atoms with Crippen molar-refractivity contribution in [2.24, 2.45) is 5.92 Å². The second-order valence-electron chi connectivity index (χ2n) is 4.76. The topological polar surface area (TPSA) is 12.0 Å². The van der Waals surface area contributed by atoms with Crippen molar-refractivity contribution in [3.05, 3.63) is 0 Å². The van der Waals surface area contributed by atoms with Gasteiger partial charge in [-0.05, 0) is 31.7 Å². The van der Waals surface area contributed by atoms with E-state index < -0.39 is 0 Å². The lowest BCUT2D eigenvalue weighted by Crippen LogP contribution is -2.37. The Bertz CT molecular complexity index is 155. The standard InChI is InChI=1S/C13H27NS/c1-4-11(3)15-10-13(14-5-2)12-8-6-7-9-12/h11-14H,4-10H2,1-3H3. The highest BCUT2D eigenvalue weighted by Gasteiger charge is 2.24. The van der Waals surface area contributed by atoms with E-state index in [4.69, 9.17) is 0 Å². The van der Waals surface area contributed by atoms with Crippen LogP contribution in [0.15, 0.2) is 0 Å². The highest BCUT2D eigenvalue weighted by Crippen LogP contribution is 2.30. The van der Waals surface area contributed by atoms with Crippen LogP contribution in [-0.2, 0) is 0 Å². The minimum atomic E-state index is 0.775. The predicted octanol–water partition coefficient (Wildman–Crippen LogP) is 3.69. The number of hydrogen-bond donors (Lipinski definition) is 1. The van der Waals surface area contributed by atoms with Gasteiger partial charge in [-0.3, -0.25) is 0 Å². The van der Waals surface area contributed by atoms with Gasteiger partial charge in [0.15, 0.2) is 0 Å². The van der Waals surface area contributed by atoms with Gasteiger partial charge in [0.05, 0.1) is 0 Å². The Morgan fingerprint density at radius 1 is 1.27 bits per heavy atom. The van der Waals surface area contributed by atoms with Gasteiger partial charge in [0, 0.05) is 17.0 Å². The molecule has 1 rings (SSSR count). The van der Waals surface area contributed by atoms with Gasteiger partial charge in [-0.25, -0.2) is 0 Å². The number of rotatable bonds is 7. The Labute approximate surface area is 99.8 Å². The van der Waals surface area contributed by atoms with Crippen LogP contribution < -0.4 is 5.32 Å². The molecule has 0 amide bonds. The predicted molar refractivity (Wildman–Crippen MR) is 71.6 cm³/mol. The third-order valence-corrected chi connectivity index (χ3v) is 5.02. The molecule has 1 N–H and O–H groups in total. The highest BCUT2D eigenvalue weighted by atomic mass is 32.2. The molecule has 1 fully saturated rings. The van der Waals surface area contributed by atoms with Crippen molar-refractivity contribution in [2.75, 3.05) is 12.3 Å². The third kappa shape index (κ3) is 4.78. The van der Waals surface area contributed by atoms with Gasteiger partial charge >= 0.3 is 0 Å². The van der Waals surface area contributed by atoms with Crippen LogP contribution in [0, 0.1) is 5.92 Å². The molecular weight excluding hydrogens is 202 g/mol. The van der Waals surface area contributed by atoms with Gasteiger partial charge < -0.3 is 5.32 Å². The monoisotopic (exact) mass is 229 g/mol. The second kappa shape index (κ2) is 7.56. The van der Waals surface area contributed by atoms with Crippen molar-refractivity contribution < 1.29 is 0 Å². The quantitative estimate of drug-likeness (QED) is 0.714. The van der Waals surface area contributed by atoms with E-state index in [2.05, 4.69) is 37.8 Å². The fraction of sp³-hybridized carbons (Fsp3) is 1.00. The van der Waals surface area contributed by atoms with Crippen LogP contribution in [0.25, 0.3) is 0 Å². The van der Waals surface area contributed by atoms with Crippen LogP contribution in [0.1, 0.15) is 52.9 Å². The Kier molecular flexibility index (Phi) is 6.74. The van der Waals surface area contributed by atoms with E-state index in [9.17, 15) is 0 Å². The zero-order chi connectivity index (χ0) is 11.1. The van der Waals surface area contributed by atoms with Gasteiger partial charge in [0.1, 0.15) is 0 Å². The van der Waals surface area contributed by atoms with Gasteiger partial charge in [-0.2, -0.15) is 11.8 Å². The minimum Gasteiger partial charge on any atom is -0.313 e. The molecule has 1 saturated carbocycles. The summed E-state index contributed by atoms with van der Waals surface area (Å²) in [6.45, 7) is 8.00. The van der Waals surface area contributed by atoms with Gasteiger partial charge in [-0.15, -0.1) is 0 Å². The van der Waals surface area contributed by atoms with E-state index in [1.165, 1.54) is 37.9 Å². The summed E-state index contributed by atoms with van der Waals surface area (Å²) in [5.74, 6) is 2.27. The van der Waals surface area contributed by atoms with E-state index in [0.717, 1.165) is 23.8 Å². The van der Waals surface area contributed by atoms with Crippen LogP contribution >= 0.6 is 11.8 Å². The van der Waals surface area contributed by atoms with Crippen LogP contribution in [0.4, 0.5) is 0 Å². The average Bonchev–Trinajstić information content (AvgIpc) is 2.76. The van der Waals surface area contributed by atoms with Crippen molar-refractivity contribution in [2.45, 2.75) is 64.2 Å². The zero-order valence-electron chi connectivity index (χ0n) is 10.6. The van der Waals surface area contributed by atoms with Gasteiger partial charge in [0.25, 0.3) is 0 Å². The van der Waals surface area contributed by atoms with Gasteiger partial charge in [-0.1, -0.05) is 33.6 Å². The summed E-state index contributed by atoms with van der Waals surface area (Å²) in [7, 11) is 0. The van der Waals surface area contributed by atoms with Crippen molar-refractivity contribution in [1.82, 2.24) is 5.32 Å². The maximum absolute atomic E-state index is 3.68. The van der Waals surface area contributed by atoms with Crippen LogP contribution in [0.3, 0.4) is 0 Å². The van der Waals surface area contributed by atoms with Gasteiger partial charge in [0.2, 0.25) is 0 Å². The summed E-state index contributed by atoms with van der Waals surface area (Å²) in [5.41, 5.74) is 0. The molecule has 15 heavy (non-hydrogen) atoms. The van der Waals surface area contributed by atoms with Crippen molar-refractivity contribution in [3.8, 4) is 0 Å². The summed E-state index contributed by atoms with van der Waals surface area (Å²) < 4.78 is 0. The van der Waals surface area contributed by atoms with Crippen molar-refractivity contribution >= 4 is 11.8 Å². The SMILES string of the molecule is CCNC(CSC(C)CC)C1CCCC1. The van der Waals surface area contributed by atoms with Crippen LogP contribution in [-0.4, -0.2) is 23.6 Å². The first-order valence-corrected chi connectivity index (χ1v) is 7.67. The molecule has 1 aliphatic rings. The molecule has 2 heteroatoms. The molecule has 0 radical (unpaired) electrons. The van der Waals surface area contributed by atoms with E-state index in [-0.39, 0.29) is 0 Å². The summed E-state index contributed by atoms with van der Waals surface area (Å²) >= 11 is 2.15. The molecule has 0 aliphatic heterocycles. The number of hydrogen-bond acceptors (Lipinski definition) is 2. The summed E-state index contributed by atoms with van der Waals surface area (Å²) in [6.07, 6.45) is 7.13. The molecule has 0 saturated heterocycles. The molecule has 0 heterocycles. The molecular formula is C13H27NS. The first-order valence-electron chi connectivity index (χ1n) is 6.62. The molecule has 1 aliphatic carbocycles. The Morgan fingerprint density at radius 3 is 2.47 bits per heavy atom. The molecule has 0 aromatic heterocycles. The minimum absolute atomic E-state index is 0.775. The number of thioether (sulfide) groups is 1. The molecule has 0 bridgehead atoms. The smallest absolute Gasteiger partial charge is 0.0186 e. The Balaban J connectivity index is 2.29. The fourth-order valence-corrected chi connectivity index (χ4v) is 3.53. The lowest BCUT2D eigenvalue weighted by atomic mass is 10.00. The van der Waals surface area contributed by atoms with E-state index in [1.54, 1.807) is 0 Å². The highest BCUT2D eigenvalue weighted by molar-refractivity contribution is 7.99. The maximum atomic E-state index is 3.68. The van der Waals surface area contributed by atoms with Crippen LogP contribution in [0.5, 0.6) is 0 Å². The Morgan fingerprint density at radius 2 is 1.93 bits per heavy atom. The zero-order valence-corrected chi connectivity index (χ0v) is 11.4. The number of nitrogens with one attached hydrogen (secondary N) is 1. The molecule has 0 aromatic rings. The van der Waals surface area contributed by atoms with E-state index in [0.29, 0.717) is 0 Å². The maximum Gasteiger partial charge on any atom is 0.0186 e. The van der Waals surface area contributed by atoms with Crippen LogP contribution in [0.2, 0.25) is 0 Å². The van der Waals surface area contributed by atoms with Crippen molar-refractivity contribution in [1.29, 1.82) is 0 Å². The van der Waals surface area contributed by atoms with Crippen molar-refractivity contribution in [3.63, 3.8) is 0 Å². The first-order chi connectivity index (χ1) is 7.27. The summed E-state index contributed by atoms with van der Waals surface area (Å²) in [5, 5.41) is 4.51. The molecule has 0 aromatic carbocycles. The van der Waals surface area contributed by atoms with E-state index >= 15 is 0 Å². The molecule has 2 atom stereocenters. The second-order valence-corrected chi connectivity index (χ2v) is 6.23.